The topological polar surface area (TPSA) is 117 Å². The van der Waals surface area contributed by atoms with Crippen LogP contribution in [-0.4, -0.2) is 77.4 Å². The van der Waals surface area contributed by atoms with Crippen molar-refractivity contribution in [2.24, 2.45) is 7.05 Å². The van der Waals surface area contributed by atoms with E-state index >= 15 is 0 Å². The number of rotatable bonds is 13. The highest BCUT2D eigenvalue weighted by Gasteiger charge is 2.26. The third-order valence-corrected chi connectivity index (χ3v) is 6.32. The smallest absolute Gasteiger partial charge is 0.326 e. The lowest BCUT2D eigenvalue weighted by Crippen LogP contribution is -2.47. The molecule has 3 aromatic rings. The summed E-state index contributed by atoms with van der Waals surface area (Å²) in [6.07, 6.45) is 1.27. The maximum atomic E-state index is 12.3. The number of hydrogen-bond acceptors (Lipinski definition) is 8. The predicted molar refractivity (Wildman–Crippen MR) is 146 cm³/mol. The molecule has 0 spiro atoms. The Morgan fingerprint density at radius 2 is 1.82 bits per heavy atom. The zero-order chi connectivity index (χ0) is 28.0. The van der Waals surface area contributed by atoms with Crippen molar-refractivity contribution in [3.8, 4) is 11.4 Å². The summed E-state index contributed by atoms with van der Waals surface area (Å²) >= 11 is 0. The van der Waals surface area contributed by atoms with E-state index < -0.39 is 18.1 Å². The number of pyridine rings is 1. The number of ether oxygens (including phenoxy) is 3. The standard InChI is InChI=1S/C28H40N4O6/c1-17(2)38-28(35)25(19(4)33)29-11-10-20-8-9-24-23(13-20)30-26(32(24)22(15-36-6)16-37-7)21-12-18(3)27(34)31(5)14-21/h8-9,12-14,17,19,22,25,29,33H,10-11,15-16H2,1-7H3. The number of benzene rings is 1. The fraction of sp³-hybridized carbons (Fsp3) is 0.536. The molecule has 208 valence electrons. The number of methoxy groups -OCH3 is 2. The molecule has 0 aliphatic heterocycles. The van der Waals surface area contributed by atoms with Gasteiger partial charge in [0.2, 0.25) is 0 Å². The van der Waals surface area contributed by atoms with E-state index in [4.69, 9.17) is 19.2 Å². The Morgan fingerprint density at radius 1 is 1.13 bits per heavy atom. The highest BCUT2D eigenvalue weighted by molar-refractivity contribution is 5.81. The Kier molecular flexibility index (Phi) is 10.2. The van der Waals surface area contributed by atoms with Crippen LogP contribution in [0.15, 0.2) is 35.3 Å². The average molecular weight is 529 g/mol. The van der Waals surface area contributed by atoms with Gasteiger partial charge in [0.1, 0.15) is 11.9 Å². The van der Waals surface area contributed by atoms with E-state index in [9.17, 15) is 14.7 Å². The minimum Gasteiger partial charge on any atom is -0.462 e. The van der Waals surface area contributed by atoms with Gasteiger partial charge in [-0.2, -0.15) is 0 Å². The number of aromatic nitrogens is 3. The van der Waals surface area contributed by atoms with Crippen LogP contribution >= 0.6 is 0 Å². The van der Waals surface area contributed by atoms with Crippen LogP contribution < -0.4 is 10.9 Å². The van der Waals surface area contributed by atoms with Crippen molar-refractivity contribution >= 4 is 17.0 Å². The molecule has 0 amide bonds. The first kappa shape index (κ1) is 29.5. The summed E-state index contributed by atoms with van der Waals surface area (Å²) < 4.78 is 19.9. The van der Waals surface area contributed by atoms with Gasteiger partial charge in [-0.25, -0.2) is 4.98 Å². The van der Waals surface area contributed by atoms with Gasteiger partial charge in [0.05, 0.1) is 42.5 Å². The molecule has 2 aromatic heterocycles. The molecule has 0 aliphatic rings. The number of nitrogens with one attached hydrogen (secondary N) is 1. The van der Waals surface area contributed by atoms with Crippen molar-refractivity contribution in [3.63, 3.8) is 0 Å². The van der Waals surface area contributed by atoms with Crippen molar-refractivity contribution in [1.29, 1.82) is 0 Å². The number of esters is 1. The van der Waals surface area contributed by atoms with Crippen LogP contribution in [0.3, 0.4) is 0 Å². The first-order valence-electron chi connectivity index (χ1n) is 12.9. The Labute approximate surface area is 223 Å². The van der Waals surface area contributed by atoms with Crippen molar-refractivity contribution in [3.05, 3.63) is 51.9 Å². The maximum Gasteiger partial charge on any atom is 0.326 e. The molecular weight excluding hydrogens is 488 g/mol. The molecule has 0 aliphatic carbocycles. The van der Waals surface area contributed by atoms with Gasteiger partial charge in [-0.3, -0.25) is 9.59 Å². The van der Waals surface area contributed by atoms with Crippen molar-refractivity contribution in [1.82, 2.24) is 19.4 Å². The second-order valence-corrected chi connectivity index (χ2v) is 9.93. The quantitative estimate of drug-likeness (QED) is 0.325. The molecular formula is C28H40N4O6. The minimum absolute atomic E-state index is 0.0516. The summed E-state index contributed by atoms with van der Waals surface area (Å²) in [5.74, 6) is 0.252. The number of carbonyl (C=O) groups excluding carboxylic acids is 1. The summed E-state index contributed by atoms with van der Waals surface area (Å²) in [6, 6.07) is 6.99. The molecule has 2 N–H and O–H groups in total. The molecule has 2 atom stereocenters. The molecule has 1 aromatic carbocycles. The van der Waals surface area contributed by atoms with Gasteiger partial charge in [-0.1, -0.05) is 6.07 Å². The number of hydrogen-bond donors (Lipinski definition) is 2. The predicted octanol–water partition coefficient (Wildman–Crippen LogP) is 2.38. The number of carbonyl (C=O) groups is 1. The first-order chi connectivity index (χ1) is 18.1. The van der Waals surface area contributed by atoms with Gasteiger partial charge < -0.3 is 33.8 Å². The van der Waals surface area contributed by atoms with E-state index in [1.807, 2.05) is 24.3 Å². The molecule has 2 heterocycles. The zero-order valence-electron chi connectivity index (χ0n) is 23.4. The maximum absolute atomic E-state index is 12.3. The van der Waals surface area contributed by atoms with Crippen LogP contribution in [0.1, 0.15) is 37.9 Å². The van der Waals surface area contributed by atoms with Crippen LogP contribution in [0.4, 0.5) is 0 Å². The van der Waals surface area contributed by atoms with Crippen LogP contribution in [0.2, 0.25) is 0 Å². The summed E-state index contributed by atoms with van der Waals surface area (Å²) in [5, 5.41) is 13.2. The second kappa shape index (κ2) is 13.1. The van der Waals surface area contributed by atoms with Gasteiger partial charge in [-0.15, -0.1) is 0 Å². The third kappa shape index (κ3) is 6.87. The summed E-state index contributed by atoms with van der Waals surface area (Å²) in [5.41, 5.74) is 4.15. The second-order valence-electron chi connectivity index (χ2n) is 9.93. The van der Waals surface area contributed by atoms with E-state index in [1.165, 1.54) is 0 Å². The lowest BCUT2D eigenvalue weighted by Gasteiger charge is -2.21. The van der Waals surface area contributed by atoms with Gasteiger partial charge >= 0.3 is 5.97 Å². The fourth-order valence-electron chi connectivity index (χ4n) is 4.58. The normalized spacial score (nSPS) is 13.4. The summed E-state index contributed by atoms with van der Waals surface area (Å²) in [4.78, 5) is 29.6. The van der Waals surface area contributed by atoms with E-state index in [0.717, 1.165) is 28.0 Å². The summed E-state index contributed by atoms with van der Waals surface area (Å²) in [6.45, 7) is 8.24. The number of fused-ring (bicyclic) bond motifs is 1. The Bertz CT molecular complexity index is 1260. The van der Waals surface area contributed by atoms with E-state index in [-0.39, 0.29) is 17.7 Å². The Balaban J connectivity index is 1.96. The number of aliphatic hydroxyl groups excluding tert-OH is 1. The minimum atomic E-state index is -0.884. The van der Waals surface area contributed by atoms with Crippen molar-refractivity contribution in [2.45, 2.75) is 58.4 Å². The first-order valence-corrected chi connectivity index (χ1v) is 12.9. The van der Waals surface area contributed by atoms with Gasteiger partial charge in [0.25, 0.3) is 5.56 Å². The van der Waals surface area contributed by atoms with Crippen LogP contribution in [0, 0.1) is 6.92 Å². The lowest BCUT2D eigenvalue weighted by atomic mass is 10.1. The monoisotopic (exact) mass is 528 g/mol. The number of imidazole rings is 1. The van der Waals surface area contributed by atoms with E-state index in [2.05, 4.69) is 9.88 Å². The molecule has 3 rings (SSSR count). The Morgan fingerprint density at radius 3 is 2.39 bits per heavy atom. The Hall–Kier alpha value is -3.05. The van der Waals surface area contributed by atoms with Crippen LogP contribution in [0.25, 0.3) is 22.4 Å². The van der Waals surface area contributed by atoms with Crippen molar-refractivity contribution < 1.29 is 24.1 Å². The molecule has 0 fully saturated rings. The fourth-order valence-corrected chi connectivity index (χ4v) is 4.58. The molecule has 10 nitrogen and oxygen atoms in total. The molecule has 38 heavy (non-hydrogen) atoms. The summed E-state index contributed by atoms with van der Waals surface area (Å²) in [7, 11) is 5.04. The highest BCUT2D eigenvalue weighted by atomic mass is 16.5. The van der Waals surface area contributed by atoms with E-state index in [0.29, 0.717) is 31.7 Å². The molecule has 0 saturated carbocycles. The average Bonchev–Trinajstić information content (AvgIpc) is 3.22. The molecule has 2 unspecified atom stereocenters. The zero-order valence-corrected chi connectivity index (χ0v) is 23.4. The molecule has 10 heteroatoms. The number of aliphatic hydroxyl groups is 1. The van der Waals surface area contributed by atoms with Gasteiger partial charge in [0, 0.05) is 45.1 Å². The van der Waals surface area contributed by atoms with Gasteiger partial charge in [-0.05, 0) is 57.9 Å². The largest absolute Gasteiger partial charge is 0.462 e. The third-order valence-electron chi connectivity index (χ3n) is 6.32. The van der Waals surface area contributed by atoms with Crippen LogP contribution in [-0.2, 0) is 32.5 Å². The number of nitrogens with zero attached hydrogens (tertiary/aromatic N) is 3. The van der Waals surface area contributed by atoms with Crippen LogP contribution in [0.5, 0.6) is 0 Å². The number of aryl methyl sites for hydroxylation is 2. The van der Waals surface area contributed by atoms with E-state index in [1.54, 1.807) is 59.7 Å². The van der Waals surface area contributed by atoms with Gasteiger partial charge in [0.15, 0.2) is 0 Å². The molecule has 0 saturated heterocycles. The molecule has 0 bridgehead atoms. The van der Waals surface area contributed by atoms with Crippen molar-refractivity contribution in [2.75, 3.05) is 34.0 Å². The highest BCUT2D eigenvalue weighted by Crippen LogP contribution is 2.30. The SMILES string of the molecule is COCC(COC)n1c(-c2cc(C)c(=O)n(C)c2)nc2cc(CCNC(C(=O)OC(C)C)C(C)O)ccc21. The lowest BCUT2D eigenvalue weighted by molar-refractivity contribution is -0.152. The molecule has 0 radical (unpaired) electrons.